The second kappa shape index (κ2) is 4.79. The molecule has 0 saturated heterocycles. The summed E-state index contributed by atoms with van der Waals surface area (Å²) in [5.41, 5.74) is 2.10. The SMILES string of the molecule is CC1c2ccsc2CCN1C(=O)c1csc(Br)c1. The number of halogens is 1. The second-order valence-electron chi connectivity index (χ2n) is 4.36. The standard InChI is InChI=1S/C13H12BrNOS2/c1-8-10-3-5-17-11(10)2-4-15(8)13(16)9-6-12(14)18-7-9/h3,5-8H,2,4H2,1H3. The predicted octanol–water partition coefficient (Wildman–Crippen LogP) is 4.33. The van der Waals surface area contributed by atoms with Crippen LogP contribution in [0.5, 0.6) is 0 Å². The molecule has 1 atom stereocenters. The number of amides is 1. The smallest absolute Gasteiger partial charge is 0.255 e. The number of rotatable bonds is 1. The van der Waals surface area contributed by atoms with E-state index in [0.29, 0.717) is 0 Å². The lowest BCUT2D eigenvalue weighted by Crippen LogP contribution is -2.38. The lowest BCUT2D eigenvalue weighted by molar-refractivity contribution is 0.0680. The summed E-state index contributed by atoms with van der Waals surface area (Å²) in [6, 6.07) is 4.24. The molecule has 0 radical (unpaired) electrons. The van der Waals surface area contributed by atoms with Gasteiger partial charge in [-0.25, -0.2) is 0 Å². The Balaban J connectivity index is 1.88. The van der Waals surface area contributed by atoms with Crippen LogP contribution in [0.1, 0.15) is 33.8 Å². The molecule has 0 bridgehead atoms. The molecule has 2 aromatic rings. The van der Waals surface area contributed by atoms with Crippen molar-refractivity contribution in [3.05, 3.63) is 42.7 Å². The van der Waals surface area contributed by atoms with Crippen molar-refractivity contribution in [3.63, 3.8) is 0 Å². The van der Waals surface area contributed by atoms with Crippen LogP contribution >= 0.6 is 38.6 Å². The Morgan fingerprint density at radius 1 is 1.50 bits per heavy atom. The van der Waals surface area contributed by atoms with Crippen LogP contribution < -0.4 is 0 Å². The van der Waals surface area contributed by atoms with Gasteiger partial charge in [0.25, 0.3) is 5.91 Å². The first kappa shape index (κ1) is 12.4. The van der Waals surface area contributed by atoms with Crippen molar-refractivity contribution < 1.29 is 4.79 Å². The van der Waals surface area contributed by atoms with E-state index in [-0.39, 0.29) is 11.9 Å². The van der Waals surface area contributed by atoms with Crippen LogP contribution in [0.15, 0.2) is 26.7 Å². The van der Waals surface area contributed by atoms with Gasteiger partial charge in [0.05, 0.1) is 15.4 Å². The summed E-state index contributed by atoms with van der Waals surface area (Å²) < 4.78 is 1.01. The molecule has 3 rings (SSSR count). The molecule has 1 aliphatic heterocycles. The summed E-state index contributed by atoms with van der Waals surface area (Å²) in [5.74, 6) is 0.140. The topological polar surface area (TPSA) is 20.3 Å². The van der Waals surface area contributed by atoms with Crippen LogP contribution in [0.3, 0.4) is 0 Å². The van der Waals surface area contributed by atoms with Gasteiger partial charge in [-0.3, -0.25) is 4.79 Å². The summed E-state index contributed by atoms with van der Waals surface area (Å²) in [4.78, 5) is 15.9. The third-order valence-corrected chi connectivity index (χ3v) is 5.85. The van der Waals surface area contributed by atoms with Gasteiger partial charge in [-0.1, -0.05) is 0 Å². The maximum Gasteiger partial charge on any atom is 0.255 e. The maximum atomic E-state index is 12.5. The molecule has 94 valence electrons. The predicted molar refractivity (Wildman–Crippen MR) is 79.5 cm³/mol. The monoisotopic (exact) mass is 341 g/mol. The Bertz CT molecular complexity index is 589. The molecule has 0 saturated carbocycles. The Hall–Kier alpha value is -0.650. The van der Waals surface area contributed by atoms with Gasteiger partial charge >= 0.3 is 0 Å². The number of carbonyl (C=O) groups excluding carboxylic acids is 1. The highest BCUT2D eigenvalue weighted by Gasteiger charge is 2.29. The van der Waals surface area contributed by atoms with Crippen LogP contribution in [-0.2, 0) is 6.42 Å². The first-order valence-corrected chi connectivity index (χ1v) is 8.33. The molecule has 5 heteroatoms. The summed E-state index contributed by atoms with van der Waals surface area (Å²) >= 11 is 6.76. The molecular weight excluding hydrogens is 330 g/mol. The van der Waals surface area contributed by atoms with Crippen LogP contribution in [-0.4, -0.2) is 17.4 Å². The van der Waals surface area contributed by atoms with Crippen molar-refractivity contribution in [1.82, 2.24) is 4.90 Å². The van der Waals surface area contributed by atoms with Crippen molar-refractivity contribution in [3.8, 4) is 0 Å². The van der Waals surface area contributed by atoms with Crippen molar-refractivity contribution in [2.75, 3.05) is 6.54 Å². The molecule has 1 amide bonds. The fourth-order valence-corrected chi connectivity index (χ4v) is 4.47. The van der Waals surface area contributed by atoms with Crippen LogP contribution in [0.25, 0.3) is 0 Å². The number of hydrogen-bond acceptors (Lipinski definition) is 3. The molecule has 0 spiro atoms. The normalized spacial score (nSPS) is 18.8. The van der Waals surface area contributed by atoms with E-state index in [2.05, 4.69) is 34.3 Å². The number of nitrogens with zero attached hydrogens (tertiary/aromatic N) is 1. The molecule has 3 heterocycles. The van der Waals surface area contributed by atoms with Gasteiger partial charge in [-0.15, -0.1) is 22.7 Å². The zero-order valence-corrected chi connectivity index (χ0v) is 13.1. The van der Waals surface area contributed by atoms with Crippen molar-refractivity contribution in [1.29, 1.82) is 0 Å². The fourth-order valence-electron chi connectivity index (χ4n) is 2.37. The molecule has 0 aromatic carbocycles. The van der Waals surface area contributed by atoms with Gasteiger partial charge in [0.15, 0.2) is 0 Å². The van der Waals surface area contributed by atoms with Crippen LogP contribution in [0, 0.1) is 0 Å². The molecule has 2 nitrogen and oxygen atoms in total. The van der Waals surface area contributed by atoms with E-state index in [9.17, 15) is 4.79 Å². The van der Waals surface area contributed by atoms with E-state index in [4.69, 9.17) is 0 Å². The number of thiophene rings is 2. The molecule has 2 aromatic heterocycles. The lowest BCUT2D eigenvalue weighted by atomic mass is 10.0. The fraction of sp³-hybridized carbons (Fsp3) is 0.308. The Kier molecular flexibility index (Phi) is 3.30. The molecule has 18 heavy (non-hydrogen) atoms. The van der Waals surface area contributed by atoms with E-state index in [1.165, 1.54) is 10.4 Å². The summed E-state index contributed by atoms with van der Waals surface area (Å²) in [6.45, 7) is 2.94. The average Bonchev–Trinajstić information content (AvgIpc) is 2.97. The number of carbonyl (C=O) groups is 1. The second-order valence-corrected chi connectivity index (χ2v) is 7.65. The van der Waals surface area contributed by atoms with Crippen molar-refractivity contribution in [2.45, 2.75) is 19.4 Å². The van der Waals surface area contributed by atoms with E-state index in [1.54, 1.807) is 22.7 Å². The zero-order valence-electron chi connectivity index (χ0n) is 9.85. The van der Waals surface area contributed by atoms with E-state index in [1.807, 2.05) is 16.3 Å². The zero-order chi connectivity index (χ0) is 12.7. The van der Waals surface area contributed by atoms with E-state index in [0.717, 1.165) is 22.3 Å². The Morgan fingerprint density at radius 2 is 2.33 bits per heavy atom. The Morgan fingerprint density at radius 3 is 3.06 bits per heavy atom. The molecule has 0 aliphatic carbocycles. The quantitative estimate of drug-likeness (QED) is 0.755. The third kappa shape index (κ3) is 2.04. The van der Waals surface area contributed by atoms with Gasteiger partial charge in [0, 0.05) is 16.8 Å². The van der Waals surface area contributed by atoms with Gasteiger partial charge in [-0.2, -0.15) is 0 Å². The third-order valence-electron chi connectivity index (χ3n) is 3.35. The highest BCUT2D eigenvalue weighted by molar-refractivity contribution is 9.11. The molecule has 0 N–H and O–H groups in total. The molecule has 1 aliphatic rings. The molecule has 0 fully saturated rings. The van der Waals surface area contributed by atoms with Crippen LogP contribution in [0.4, 0.5) is 0 Å². The summed E-state index contributed by atoms with van der Waals surface area (Å²) in [7, 11) is 0. The van der Waals surface area contributed by atoms with Gasteiger partial charge < -0.3 is 4.90 Å². The first-order valence-electron chi connectivity index (χ1n) is 5.78. The van der Waals surface area contributed by atoms with E-state index >= 15 is 0 Å². The summed E-state index contributed by atoms with van der Waals surface area (Å²) in [6.07, 6.45) is 0.981. The van der Waals surface area contributed by atoms with Gasteiger partial charge in [-0.05, 0) is 52.4 Å². The minimum Gasteiger partial charge on any atom is -0.331 e. The average molecular weight is 342 g/mol. The van der Waals surface area contributed by atoms with Crippen LogP contribution in [0.2, 0.25) is 0 Å². The highest BCUT2D eigenvalue weighted by Crippen LogP contribution is 2.34. The molecular formula is C13H12BrNOS2. The summed E-state index contributed by atoms with van der Waals surface area (Å²) in [5, 5.41) is 4.04. The van der Waals surface area contributed by atoms with Gasteiger partial charge in [0.2, 0.25) is 0 Å². The Labute approximate surface area is 122 Å². The highest BCUT2D eigenvalue weighted by atomic mass is 79.9. The molecule has 1 unspecified atom stereocenters. The van der Waals surface area contributed by atoms with Crippen molar-refractivity contribution >= 4 is 44.5 Å². The first-order chi connectivity index (χ1) is 8.66. The maximum absolute atomic E-state index is 12.5. The van der Waals surface area contributed by atoms with Crippen molar-refractivity contribution in [2.24, 2.45) is 0 Å². The minimum absolute atomic E-state index is 0.140. The largest absolute Gasteiger partial charge is 0.331 e. The lowest BCUT2D eigenvalue weighted by Gasteiger charge is -2.33. The van der Waals surface area contributed by atoms with E-state index < -0.39 is 0 Å². The van der Waals surface area contributed by atoms with Gasteiger partial charge in [0.1, 0.15) is 0 Å². The number of fused-ring (bicyclic) bond motifs is 1. The number of hydrogen-bond donors (Lipinski definition) is 0. The minimum atomic E-state index is 0.140.